The van der Waals surface area contributed by atoms with Gasteiger partial charge in [-0.3, -0.25) is 0 Å². The van der Waals surface area contributed by atoms with Crippen molar-refractivity contribution in [3.63, 3.8) is 0 Å². The molecule has 23 heavy (non-hydrogen) atoms. The lowest BCUT2D eigenvalue weighted by molar-refractivity contribution is 0.0474. The smallest absolute Gasteiger partial charge is 0.408 e. The molecule has 0 aliphatic carbocycles. The van der Waals surface area contributed by atoms with Crippen LogP contribution in [0.25, 0.3) is 0 Å². The normalized spacial score (nSPS) is 12.8. The van der Waals surface area contributed by atoms with Crippen molar-refractivity contribution in [3.8, 4) is 0 Å². The van der Waals surface area contributed by atoms with E-state index in [1.165, 1.54) is 0 Å². The maximum absolute atomic E-state index is 12.4. The van der Waals surface area contributed by atoms with Crippen molar-refractivity contribution in [1.82, 2.24) is 10.0 Å². The highest BCUT2D eigenvalue weighted by atomic mass is 32.2. The van der Waals surface area contributed by atoms with E-state index in [0.29, 0.717) is 5.56 Å². The maximum Gasteiger partial charge on any atom is 0.408 e. The Morgan fingerprint density at radius 1 is 1.13 bits per heavy atom. The zero-order valence-corrected chi connectivity index (χ0v) is 15.4. The average molecular weight is 342 g/mol. The van der Waals surface area contributed by atoms with Crippen LogP contribution in [0.3, 0.4) is 0 Å². The van der Waals surface area contributed by atoms with Crippen LogP contribution in [0.5, 0.6) is 0 Å². The van der Waals surface area contributed by atoms with Crippen LogP contribution < -0.4 is 10.0 Å². The number of rotatable bonds is 5. The topological polar surface area (TPSA) is 84.5 Å². The van der Waals surface area contributed by atoms with Gasteiger partial charge in [-0.15, -0.1) is 0 Å². The van der Waals surface area contributed by atoms with Crippen LogP contribution >= 0.6 is 0 Å². The Hall–Kier alpha value is -1.60. The number of nitrogens with one attached hydrogen (secondary N) is 2. The summed E-state index contributed by atoms with van der Waals surface area (Å²) >= 11 is 0. The zero-order chi connectivity index (χ0) is 17.9. The lowest BCUT2D eigenvalue weighted by Crippen LogP contribution is -2.52. The van der Waals surface area contributed by atoms with Gasteiger partial charge in [0, 0.05) is 6.54 Å². The van der Waals surface area contributed by atoms with Crippen molar-refractivity contribution < 1.29 is 17.9 Å². The molecule has 0 radical (unpaired) electrons. The van der Waals surface area contributed by atoms with Crippen LogP contribution in [-0.4, -0.2) is 32.2 Å². The van der Waals surface area contributed by atoms with Crippen molar-refractivity contribution in [2.24, 2.45) is 0 Å². The Morgan fingerprint density at radius 3 is 2.22 bits per heavy atom. The molecule has 0 spiro atoms. The van der Waals surface area contributed by atoms with Gasteiger partial charge in [-0.2, -0.15) is 0 Å². The van der Waals surface area contributed by atoms with E-state index in [0.717, 1.165) is 0 Å². The molecule has 7 heteroatoms. The van der Waals surface area contributed by atoms with Crippen molar-refractivity contribution in [3.05, 3.63) is 29.8 Å². The SMILES string of the molecule is Cc1ccccc1S(=O)(=O)NCC(C)(C)NC(=O)OC(C)(C)C. The van der Waals surface area contributed by atoms with Crippen LogP contribution in [0, 0.1) is 6.92 Å². The Labute approximate surface area is 138 Å². The number of ether oxygens (including phenoxy) is 1. The summed E-state index contributed by atoms with van der Waals surface area (Å²) in [5.41, 5.74) is -0.739. The molecule has 1 aromatic carbocycles. The second-order valence-corrected chi connectivity index (χ2v) is 8.84. The lowest BCUT2D eigenvalue weighted by atomic mass is 10.1. The number of hydrogen-bond donors (Lipinski definition) is 2. The van der Waals surface area contributed by atoms with E-state index in [1.807, 2.05) is 0 Å². The van der Waals surface area contributed by atoms with Crippen LogP contribution in [0.4, 0.5) is 4.79 Å². The van der Waals surface area contributed by atoms with E-state index in [9.17, 15) is 13.2 Å². The molecule has 130 valence electrons. The van der Waals surface area contributed by atoms with Crippen molar-refractivity contribution >= 4 is 16.1 Å². The summed E-state index contributed by atoms with van der Waals surface area (Å²) in [5.74, 6) is 0. The molecule has 0 aliphatic rings. The largest absolute Gasteiger partial charge is 0.444 e. The minimum atomic E-state index is -3.64. The molecule has 1 aromatic rings. The number of amides is 1. The highest BCUT2D eigenvalue weighted by molar-refractivity contribution is 7.89. The van der Waals surface area contributed by atoms with Gasteiger partial charge in [0.1, 0.15) is 5.60 Å². The Bertz CT molecular complexity index is 661. The first-order chi connectivity index (χ1) is 10.3. The van der Waals surface area contributed by atoms with Gasteiger partial charge >= 0.3 is 6.09 Å². The molecular weight excluding hydrogens is 316 g/mol. The highest BCUT2D eigenvalue weighted by Crippen LogP contribution is 2.15. The van der Waals surface area contributed by atoms with E-state index >= 15 is 0 Å². The minimum absolute atomic E-state index is 0.0446. The summed E-state index contributed by atoms with van der Waals surface area (Å²) in [7, 11) is -3.64. The molecule has 0 saturated heterocycles. The molecule has 0 fully saturated rings. The molecule has 0 aromatic heterocycles. The second kappa shape index (κ2) is 6.88. The molecule has 2 N–H and O–H groups in total. The Kier molecular flexibility index (Phi) is 5.82. The van der Waals surface area contributed by atoms with E-state index in [2.05, 4.69) is 10.0 Å². The van der Waals surface area contributed by atoms with Gasteiger partial charge in [0.15, 0.2) is 0 Å². The third-order valence-corrected chi connectivity index (χ3v) is 4.49. The Morgan fingerprint density at radius 2 is 1.70 bits per heavy atom. The van der Waals surface area contributed by atoms with E-state index in [-0.39, 0.29) is 11.4 Å². The molecule has 0 atom stereocenters. The first-order valence-corrected chi connectivity index (χ1v) is 8.87. The first-order valence-electron chi connectivity index (χ1n) is 7.39. The predicted octanol–water partition coefficient (Wildman–Crippen LogP) is 2.58. The van der Waals surface area contributed by atoms with Gasteiger partial charge in [-0.1, -0.05) is 18.2 Å². The minimum Gasteiger partial charge on any atom is -0.444 e. The van der Waals surface area contributed by atoms with Crippen molar-refractivity contribution in [2.45, 2.75) is 57.6 Å². The molecule has 0 bridgehead atoms. The molecule has 1 amide bonds. The average Bonchev–Trinajstić information content (AvgIpc) is 2.34. The summed E-state index contributed by atoms with van der Waals surface area (Å²) < 4.78 is 32.4. The summed E-state index contributed by atoms with van der Waals surface area (Å²) in [5, 5.41) is 2.66. The molecular formula is C16H26N2O4S. The van der Waals surface area contributed by atoms with Gasteiger partial charge in [-0.05, 0) is 53.2 Å². The number of carbonyl (C=O) groups is 1. The molecule has 0 heterocycles. The van der Waals surface area contributed by atoms with E-state index < -0.39 is 27.3 Å². The van der Waals surface area contributed by atoms with Crippen molar-refractivity contribution in [1.29, 1.82) is 0 Å². The quantitative estimate of drug-likeness (QED) is 0.861. The van der Waals surface area contributed by atoms with Crippen LogP contribution in [0.1, 0.15) is 40.2 Å². The molecule has 0 unspecified atom stereocenters. The monoisotopic (exact) mass is 342 g/mol. The molecule has 6 nitrogen and oxygen atoms in total. The van der Waals surface area contributed by atoms with Gasteiger partial charge in [0.25, 0.3) is 0 Å². The van der Waals surface area contributed by atoms with Crippen LogP contribution in [-0.2, 0) is 14.8 Å². The lowest BCUT2D eigenvalue weighted by Gasteiger charge is -2.28. The number of alkyl carbamates (subject to hydrolysis) is 1. The van der Waals surface area contributed by atoms with Crippen LogP contribution in [0.15, 0.2) is 29.2 Å². The molecule has 0 aliphatic heterocycles. The summed E-state index contributed by atoms with van der Waals surface area (Å²) in [4.78, 5) is 12.0. The number of aryl methyl sites for hydroxylation is 1. The zero-order valence-electron chi connectivity index (χ0n) is 14.6. The van der Waals surface area contributed by atoms with Crippen molar-refractivity contribution in [2.75, 3.05) is 6.54 Å². The van der Waals surface area contributed by atoms with Gasteiger partial charge in [-0.25, -0.2) is 17.9 Å². The number of sulfonamides is 1. The molecule has 0 saturated carbocycles. The van der Waals surface area contributed by atoms with Gasteiger partial charge in [0.2, 0.25) is 10.0 Å². The predicted molar refractivity (Wildman–Crippen MR) is 89.8 cm³/mol. The Balaban J connectivity index is 2.72. The van der Waals surface area contributed by atoms with Gasteiger partial charge < -0.3 is 10.1 Å². The number of benzene rings is 1. The maximum atomic E-state index is 12.4. The summed E-state index contributed by atoms with van der Waals surface area (Å²) in [6.45, 7) is 10.5. The number of carbonyl (C=O) groups excluding carboxylic acids is 1. The van der Waals surface area contributed by atoms with E-state index in [1.54, 1.807) is 65.8 Å². The summed E-state index contributed by atoms with van der Waals surface area (Å²) in [6.07, 6.45) is -0.586. The van der Waals surface area contributed by atoms with Gasteiger partial charge in [0.05, 0.1) is 10.4 Å². The number of hydrogen-bond acceptors (Lipinski definition) is 4. The standard InChI is InChI=1S/C16H26N2O4S/c1-12-9-7-8-10-13(12)23(20,21)17-11-16(5,6)18-14(19)22-15(2,3)4/h7-10,17H,11H2,1-6H3,(H,18,19). The third-order valence-electron chi connectivity index (χ3n) is 2.93. The van der Waals surface area contributed by atoms with E-state index in [4.69, 9.17) is 4.74 Å². The van der Waals surface area contributed by atoms with Crippen LogP contribution in [0.2, 0.25) is 0 Å². The fourth-order valence-electron chi connectivity index (χ4n) is 1.84. The fraction of sp³-hybridized carbons (Fsp3) is 0.562. The third kappa shape index (κ3) is 6.58. The highest BCUT2D eigenvalue weighted by Gasteiger charge is 2.27. The molecule has 1 rings (SSSR count). The fourth-order valence-corrected chi connectivity index (χ4v) is 3.29. The second-order valence-electron chi connectivity index (χ2n) is 7.10. The summed E-state index contributed by atoms with van der Waals surface area (Å²) in [6, 6.07) is 6.73. The first kappa shape index (κ1) is 19.4.